The third-order valence-corrected chi connectivity index (χ3v) is 3.39. The highest BCUT2D eigenvalue weighted by Gasteiger charge is 2.22. The van der Waals surface area contributed by atoms with Crippen molar-refractivity contribution in [2.45, 2.75) is 12.5 Å². The lowest BCUT2D eigenvalue weighted by Gasteiger charge is -2.16. The maximum Gasteiger partial charge on any atom is 0.328 e. The normalized spacial score (nSPS) is 11.7. The van der Waals surface area contributed by atoms with E-state index in [-0.39, 0.29) is 12.3 Å². The van der Waals surface area contributed by atoms with Crippen LogP contribution in [0, 0.1) is 0 Å². The Hall–Kier alpha value is -2.21. The second-order valence-electron chi connectivity index (χ2n) is 4.69. The molecule has 0 fully saturated rings. The molecular formula is C16H15BrN2O3. The number of nitrogens with zero attached hydrogens (tertiary/aromatic N) is 1. The number of rotatable bonds is 5. The number of ether oxygens (including phenoxy) is 1. The fraction of sp³-hybridized carbons (Fsp3) is 0.188. The van der Waals surface area contributed by atoms with Crippen LogP contribution in [-0.4, -0.2) is 30.0 Å². The summed E-state index contributed by atoms with van der Waals surface area (Å²) in [4.78, 5) is 28.2. The molecule has 6 heteroatoms. The zero-order chi connectivity index (χ0) is 16.1. The van der Waals surface area contributed by atoms with Gasteiger partial charge in [-0.3, -0.25) is 9.78 Å². The number of halogens is 1. The Kier molecular flexibility index (Phi) is 5.27. The van der Waals surface area contributed by atoms with Crippen LogP contribution in [0.2, 0.25) is 0 Å². The summed E-state index contributed by atoms with van der Waals surface area (Å²) >= 11 is 3.19. The van der Waals surface area contributed by atoms with E-state index in [9.17, 15) is 9.59 Å². The molecule has 0 saturated heterocycles. The molecule has 22 heavy (non-hydrogen) atoms. The number of nitrogens with one attached hydrogen (secondary N) is 1. The smallest absolute Gasteiger partial charge is 0.328 e. The minimum absolute atomic E-state index is 0.249. The van der Waals surface area contributed by atoms with Crippen LogP contribution in [0.3, 0.4) is 0 Å². The highest BCUT2D eigenvalue weighted by Crippen LogP contribution is 2.14. The van der Waals surface area contributed by atoms with Gasteiger partial charge in [0.05, 0.1) is 18.2 Å². The lowest BCUT2D eigenvalue weighted by Crippen LogP contribution is -2.41. The van der Waals surface area contributed by atoms with Crippen molar-refractivity contribution in [2.75, 3.05) is 7.11 Å². The van der Waals surface area contributed by atoms with Crippen molar-refractivity contribution in [2.24, 2.45) is 0 Å². The minimum atomic E-state index is -0.796. The zero-order valence-electron chi connectivity index (χ0n) is 12.0. The molecule has 0 spiro atoms. The highest BCUT2D eigenvalue weighted by atomic mass is 79.9. The Morgan fingerprint density at radius 3 is 2.82 bits per heavy atom. The van der Waals surface area contributed by atoms with E-state index in [1.165, 1.54) is 13.3 Å². The molecule has 2 rings (SSSR count). The van der Waals surface area contributed by atoms with Crippen molar-refractivity contribution in [1.29, 1.82) is 0 Å². The van der Waals surface area contributed by atoms with Gasteiger partial charge in [-0.2, -0.15) is 0 Å². The average Bonchev–Trinajstić information content (AvgIpc) is 2.52. The van der Waals surface area contributed by atoms with E-state index in [1.807, 2.05) is 24.3 Å². The van der Waals surface area contributed by atoms with Crippen LogP contribution in [-0.2, 0) is 9.53 Å². The summed E-state index contributed by atoms with van der Waals surface area (Å²) in [5, 5.41) is 3.49. The molecule has 1 heterocycles. The highest BCUT2D eigenvalue weighted by molar-refractivity contribution is 9.11. The largest absolute Gasteiger partial charge is 0.467 e. The summed E-state index contributed by atoms with van der Waals surface area (Å²) in [6, 6.07) is 8.42. The number of benzene rings is 1. The standard InChI is InChI=1S/C16H15BrN2O3/c1-10(17)7-14(16(21)22-2)19-15(20)12-8-11-5-3-4-6-13(11)18-9-12/h3-6,8-9,14H,1,7H2,2H3,(H,19,20)/t14-/m0/s1. The molecule has 1 aromatic heterocycles. The van der Waals surface area contributed by atoms with Crippen molar-refractivity contribution in [3.05, 3.63) is 53.2 Å². The lowest BCUT2D eigenvalue weighted by molar-refractivity contribution is -0.142. The van der Waals surface area contributed by atoms with Crippen molar-refractivity contribution in [3.63, 3.8) is 0 Å². The van der Waals surface area contributed by atoms with Crippen LogP contribution in [0.1, 0.15) is 16.8 Å². The van der Waals surface area contributed by atoms with Gasteiger partial charge in [-0.1, -0.05) is 40.7 Å². The maximum atomic E-state index is 12.3. The fourth-order valence-corrected chi connectivity index (χ4v) is 2.32. The van der Waals surface area contributed by atoms with Crippen LogP contribution >= 0.6 is 15.9 Å². The molecule has 0 saturated carbocycles. The number of hydrogen-bond acceptors (Lipinski definition) is 4. The van der Waals surface area contributed by atoms with Crippen LogP contribution in [0.15, 0.2) is 47.6 Å². The van der Waals surface area contributed by atoms with Gasteiger partial charge in [0.15, 0.2) is 0 Å². The van der Waals surface area contributed by atoms with Gasteiger partial charge in [0, 0.05) is 18.0 Å². The van der Waals surface area contributed by atoms with Gasteiger partial charge in [-0.25, -0.2) is 4.79 Å². The average molecular weight is 363 g/mol. The van der Waals surface area contributed by atoms with Crippen molar-refractivity contribution in [1.82, 2.24) is 10.3 Å². The minimum Gasteiger partial charge on any atom is -0.467 e. The molecule has 2 aromatic rings. The van der Waals surface area contributed by atoms with E-state index >= 15 is 0 Å². The first kappa shape index (κ1) is 16.2. The van der Waals surface area contributed by atoms with Gasteiger partial charge < -0.3 is 10.1 Å². The third-order valence-electron chi connectivity index (χ3n) is 3.07. The van der Waals surface area contributed by atoms with Crippen LogP contribution in [0.5, 0.6) is 0 Å². The molecule has 0 aliphatic rings. The predicted octanol–water partition coefficient (Wildman–Crippen LogP) is 2.80. The molecule has 0 aliphatic heterocycles. The number of carbonyl (C=O) groups is 2. The zero-order valence-corrected chi connectivity index (χ0v) is 13.6. The fourth-order valence-electron chi connectivity index (χ4n) is 1.99. The van der Waals surface area contributed by atoms with E-state index in [0.29, 0.717) is 10.0 Å². The summed E-state index contributed by atoms with van der Waals surface area (Å²) in [6.07, 6.45) is 1.73. The summed E-state index contributed by atoms with van der Waals surface area (Å²) in [5.74, 6) is -0.912. The van der Waals surface area contributed by atoms with Crippen molar-refractivity contribution >= 4 is 38.7 Å². The van der Waals surface area contributed by atoms with E-state index < -0.39 is 12.0 Å². The molecule has 1 amide bonds. The van der Waals surface area contributed by atoms with Gasteiger partial charge >= 0.3 is 5.97 Å². The SMILES string of the molecule is C=C(Br)C[C@H](NC(=O)c1cnc2ccccc2c1)C(=O)OC. The van der Waals surface area contributed by atoms with E-state index in [2.05, 4.69) is 37.5 Å². The Bertz CT molecular complexity index is 730. The van der Waals surface area contributed by atoms with Crippen LogP contribution < -0.4 is 5.32 Å². The number of hydrogen-bond donors (Lipinski definition) is 1. The first-order chi connectivity index (χ1) is 10.5. The summed E-state index contributed by atoms with van der Waals surface area (Å²) < 4.78 is 5.29. The third kappa shape index (κ3) is 3.92. The Balaban J connectivity index is 2.20. The van der Waals surface area contributed by atoms with E-state index in [1.54, 1.807) is 6.07 Å². The summed E-state index contributed by atoms with van der Waals surface area (Å²) in [6.45, 7) is 3.68. The van der Waals surface area contributed by atoms with Gasteiger partial charge in [0.2, 0.25) is 0 Å². The number of aromatic nitrogens is 1. The molecule has 114 valence electrons. The molecule has 1 atom stereocenters. The van der Waals surface area contributed by atoms with E-state index in [4.69, 9.17) is 0 Å². The number of para-hydroxylation sites is 1. The Labute approximate surface area is 136 Å². The second-order valence-corrected chi connectivity index (χ2v) is 5.81. The van der Waals surface area contributed by atoms with Crippen LogP contribution in [0.25, 0.3) is 10.9 Å². The summed E-state index contributed by atoms with van der Waals surface area (Å²) in [7, 11) is 1.27. The predicted molar refractivity (Wildman–Crippen MR) is 87.7 cm³/mol. The summed E-state index contributed by atoms with van der Waals surface area (Å²) in [5.41, 5.74) is 1.19. The molecule has 0 unspecified atom stereocenters. The molecular weight excluding hydrogens is 348 g/mol. The number of methoxy groups -OCH3 is 1. The molecule has 0 aliphatic carbocycles. The number of carbonyl (C=O) groups excluding carboxylic acids is 2. The maximum absolute atomic E-state index is 12.3. The van der Waals surface area contributed by atoms with E-state index in [0.717, 1.165) is 10.9 Å². The lowest BCUT2D eigenvalue weighted by atomic mass is 10.1. The number of pyridine rings is 1. The Morgan fingerprint density at radius 2 is 2.14 bits per heavy atom. The van der Waals surface area contributed by atoms with Gasteiger partial charge in [-0.05, 0) is 16.6 Å². The second kappa shape index (κ2) is 7.17. The quantitative estimate of drug-likeness (QED) is 0.830. The molecule has 0 radical (unpaired) electrons. The molecule has 1 aromatic carbocycles. The number of esters is 1. The molecule has 1 N–H and O–H groups in total. The topological polar surface area (TPSA) is 68.3 Å². The van der Waals surface area contributed by atoms with Gasteiger partial charge in [0.1, 0.15) is 6.04 Å². The van der Waals surface area contributed by atoms with Crippen molar-refractivity contribution < 1.29 is 14.3 Å². The Morgan fingerprint density at radius 1 is 1.41 bits per heavy atom. The monoisotopic (exact) mass is 362 g/mol. The molecule has 0 bridgehead atoms. The first-order valence-electron chi connectivity index (χ1n) is 6.58. The van der Waals surface area contributed by atoms with Crippen LogP contribution in [0.4, 0.5) is 0 Å². The van der Waals surface area contributed by atoms with Gasteiger partial charge in [-0.15, -0.1) is 0 Å². The first-order valence-corrected chi connectivity index (χ1v) is 7.37. The van der Waals surface area contributed by atoms with Gasteiger partial charge in [0.25, 0.3) is 5.91 Å². The molecule has 5 nitrogen and oxygen atoms in total. The number of fused-ring (bicyclic) bond motifs is 1. The number of amides is 1. The van der Waals surface area contributed by atoms with Crippen molar-refractivity contribution in [3.8, 4) is 0 Å².